The average Bonchev–Trinajstić information content (AvgIpc) is 3.47. The van der Waals surface area contributed by atoms with Gasteiger partial charge in [0, 0.05) is 20.6 Å². The fourth-order valence-electron chi connectivity index (χ4n) is 8.72. The van der Waals surface area contributed by atoms with E-state index in [9.17, 15) is 0 Å². The third kappa shape index (κ3) is 4.12. The molecule has 0 nitrogen and oxygen atoms in total. The summed E-state index contributed by atoms with van der Waals surface area (Å²) in [7, 11) is 0. The molecule has 0 N–H and O–H groups in total. The van der Waals surface area contributed by atoms with Crippen LogP contribution in [0.4, 0.5) is 0 Å². The topological polar surface area (TPSA) is 0 Å². The summed E-state index contributed by atoms with van der Waals surface area (Å²) in [5.74, 6) is 0. The Bertz CT molecular complexity index is 2280. The van der Waals surface area contributed by atoms with Gasteiger partial charge >= 0.3 is 0 Å². The zero-order chi connectivity index (χ0) is 32.9. The van der Waals surface area contributed by atoms with Crippen LogP contribution in [-0.2, 0) is 10.8 Å². The second kappa shape index (κ2) is 10.6. The number of benzene rings is 7. The Morgan fingerprint density at radius 3 is 1.10 bits per heavy atom. The van der Waals surface area contributed by atoms with Crippen molar-refractivity contribution in [3.63, 3.8) is 0 Å². The summed E-state index contributed by atoms with van der Waals surface area (Å²) in [6.07, 6.45) is 4.35. The highest BCUT2D eigenvalue weighted by Gasteiger charge is 2.39. The first-order valence-corrected chi connectivity index (χ1v) is 19.3. The van der Waals surface area contributed by atoms with E-state index < -0.39 is 0 Å². The lowest BCUT2D eigenvalue weighted by Crippen LogP contribution is -2.15. The van der Waals surface area contributed by atoms with E-state index in [1.807, 2.05) is 23.5 Å². The first-order valence-electron chi connectivity index (χ1n) is 16.8. The van der Waals surface area contributed by atoms with Crippen molar-refractivity contribution in [1.82, 2.24) is 0 Å². The van der Waals surface area contributed by atoms with Gasteiger partial charge in [-0.2, -0.15) is 0 Å². The van der Waals surface area contributed by atoms with Crippen molar-refractivity contribution in [2.75, 3.05) is 12.5 Å². The van der Waals surface area contributed by atoms with Crippen LogP contribution < -0.4 is 0 Å². The van der Waals surface area contributed by atoms with Gasteiger partial charge in [-0.25, -0.2) is 0 Å². The lowest BCUT2D eigenvalue weighted by molar-refractivity contribution is 0.659. The highest BCUT2D eigenvalue weighted by molar-refractivity contribution is 7.98. The summed E-state index contributed by atoms with van der Waals surface area (Å²) in [6, 6.07) is 46.5. The Hall–Kier alpha value is -4.24. The molecule has 7 aromatic rings. The molecule has 0 fully saturated rings. The fraction of sp³-hybridized carbons (Fsp3) is 0.174. The van der Waals surface area contributed by atoms with Crippen molar-refractivity contribution < 1.29 is 0 Å². The smallest absolute Gasteiger partial charge is 0.0159 e. The molecular formula is C46H38S2. The van der Waals surface area contributed by atoms with Crippen LogP contribution in [0.3, 0.4) is 0 Å². The Balaban J connectivity index is 1.48. The van der Waals surface area contributed by atoms with E-state index >= 15 is 0 Å². The number of rotatable bonds is 4. The largest absolute Gasteiger partial charge is 0.130 e. The van der Waals surface area contributed by atoms with Crippen LogP contribution in [0.25, 0.3) is 66.1 Å². The zero-order valence-electron chi connectivity index (χ0n) is 28.4. The second-order valence-corrected chi connectivity index (χ2v) is 16.2. The summed E-state index contributed by atoms with van der Waals surface area (Å²) >= 11 is 3.65. The van der Waals surface area contributed by atoms with E-state index in [1.165, 1.54) is 98.1 Å². The van der Waals surface area contributed by atoms with Gasteiger partial charge in [-0.15, -0.1) is 23.5 Å². The van der Waals surface area contributed by atoms with E-state index in [0.717, 1.165) is 0 Å². The molecule has 0 radical (unpaired) electrons. The Morgan fingerprint density at radius 2 is 0.729 bits per heavy atom. The number of hydrogen-bond donors (Lipinski definition) is 0. The van der Waals surface area contributed by atoms with Crippen LogP contribution in [0.1, 0.15) is 49.9 Å². The predicted octanol–water partition coefficient (Wildman–Crippen LogP) is 13.4. The molecule has 0 saturated carbocycles. The normalized spacial score (nSPS) is 15.0. The SMILES string of the molecule is CSc1ccc2c(c1)C(C)(C)c1cc3c(-c4ccccc4)c4cc5c(cc4c(-c4ccccc4)c3cc1-2)C(C)(C)c1cc(SC)ccc1-5. The standard InChI is InChI=1S/C46H38S2/c1-45(2)39-21-29(47-5)17-19-31(39)33-23-35-37(25-41(33)45)43(27-13-9-7-10-14-27)36-24-34-32-20-18-30(48-6)22-40(32)46(3,4)42(34)26-38(36)44(35)28-15-11-8-12-16-28/h7-26H,1-6H3. The van der Waals surface area contributed by atoms with Crippen LogP contribution in [0.5, 0.6) is 0 Å². The molecule has 48 heavy (non-hydrogen) atoms. The van der Waals surface area contributed by atoms with E-state index in [-0.39, 0.29) is 10.8 Å². The van der Waals surface area contributed by atoms with Crippen LogP contribution in [0, 0.1) is 0 Å². The first-order chi connectivity index (χ1) is 23.2. The van der Waals surface area contributed by atoms with Crippen LogP contribution in [-0.4, -0.2) is 12.5 Å². The molecule has 0 heterocycles. The number of thioether (sulfide) groups is 2. The molecular weight excluding hydrogens is 617 g/mol. The van der Waals surface area contributed by atoms with Crippen LogP contribution in [0.15, 0.2) is 131 Å². The summed E-state index contributed by atoms with van der Waals surface area (Å²) in [6.45, 7) is 9.63. The second-order valence-electron chi connectivity index (χ2n) is 14.4. The number of hydrogen-bond acceptors (Lipinski definition) is 2. The van der Waals surface area contributed by atoms with Gasteiger partial charge in [0.1, 0.15) is 0 Å². The van der Waals surface area contributed by atoms with E-state index in [2.05, 4.69) is 162 Å². The van der Waals surface area contributed by atoms with Gasteiger partial charge in [0.25, 0.3) is 0 Å². The third-order valence-electron chi connectivity index (χ3n) is 11.2. The summed E-state index contributed by atoms with van der Waals surface area (Å²) in [5.41, 5.74) is 16.1. The van der Waals surface area contributed by atoms with Gasteiger partial charge in [0.15, 0.2) is 0 Å². The molecule has 2 aliphatic carbocycles. The molecule has 234 valence electrons. The van der Waals surface area contributed by atoms with Crippen molar-refractivity contribution in [2.24, 2.45) is 0 Å². The lowest BCUT2D eigenvalue weighted by Gasteiger charge is -2.25. The van der Waals surface area contributed by atoms with Crippen molar-refractivity contribution in [1.29, 1.82) is 0 Å². The molecule has 7 aromatic carbocycles. The molecule has 0 spiro atoms. The first kappa shape index (κ1) is 29.9. The number of fused-ring (bicyclic) bond motifs is 8. The molecule has 9 rings (SSSR count). The highest BCUT2D eigenvalue weighted by Crippen LogP contribution is 2.56. The monoisotopic (exact) mass is 654 g/mol. The molecule has 0 aromatic heterocycles. The summed E-state index contributed by atoms with van der Waals surface area (Å²) in [5, 5.41) is 5.29. The van der Waals surface area contributed by atoms with E-state index in [1.54, 1.807) is 0 Å². The minimum atomic E-state index is -0.101. The Morgan fingerprint density at radius 1 is 0.375 bits per heavy atom. The molecule has 0 unspecified atom stereocenters. The van der Waals surface area contributed by atoms with Gasteiger partial charge < -0.3 is 0 Å². The summed E-state index contributed by atoms with van der Waals surface area (Å²) < 4.78 is 0. The van der Waals surface area contributed by atoms with Crippen LogP contribution >= 0.6 is 23.5 Å². The van der Waals surface area contributed by atoms with Gasteiger partial charge in [0.05, 0.1) is 0 Å². The van der Waals surface area contributed by atoms with E-state index in [4.69, 9.17) is 0 Å². The molecule has 2 heteroatoms. The molecule has 0 bridgehead atoms. The fourth-order valence-corrected chi connectivity index (χ4v) is 9.60. The van der Waals surface area contributed by atoms with Gasteiger partial charge in [-0.05, 0) is 149 Å². The average molecular weight is 655 g/mol. The van der Waals surface area contributed by atoms with Gasteiger partial charge in [0.2, 0.25) is 0 Å². The lowest BCUT2D eigenvalue weighted by atomic mass is 9.78. The minimum absolute atomic E-state index is 0.101. The Kier molecular flexibility index (Phi) is 6.61. The van der Waals surface area contributed by atoms with E-state index in [0.29, 0.717) is 0 Å². The quantitative estimate of drug-likeness (QED) is 0.137. The van der Waals surface area contributed by atoms with Gasteiger partial charge in [-0.1, -0.05) is 100 Å². The van der Waals surface area contributed by atoms with Gasteiger partial charge in [-0.3, -0.25) is 0 Å². The highest BCUT2D eigenvalue weighted by atomic mass is 32.2. The minimum Gasteiger partial charge on any atom is -0.130 e. The predicted molar refractivity (Wildman–Crippen MR) is 211 cm³/mol. The maximum Gasteiger partial charge on any atom is 0.0159 e. The zero-order valence-corrected chi connectivity index (χ0v) is 30.0. The third-order valence-corrected chi connectivity index (χ3v) is 12.7. The van der Waals surface area contributed by atoms with Crippen LogP contribution in [0.2, 0.25) is 0 Å². The molecule has 0 amide bonds. The van der Waals surface area contributed by atoms with Crippen molar-refractivity contribution >= 4 is 45.1 Å². The molecule has 0 aliphatic heterocycles. The summed E-state index contributed by atoms with van der Waals surface area (Å²) in [4.78, 5) is 2.64. The van der Waals surface area contributed by atoms with Crippen molar-refractivity contribution in [2.45, 2.75) is 48.3 Å². The maximum absolute atomic E-state index is 2.55. The van der Waals surface area contributed by atoms with Crippen molar-refractivity contribution in [3.8, 4) is 44.5 Å². The molecule has 0 saturated heterocycles. The maximum atomic E-state index is 2.55. The molecule has 0 atom stereocenters. The molecule has 2 aliphatic rings. The Labute approximate surface area is 292 Å². The van der Waals surface area contributed by atoms with Crippen molar-refractivity contribution in [3.05, 3.63) is 144 Å².